The fraction of sp³-hybridized carbons (Fsp3) is 0.974. The molecule has 0 spiro atoms. The number of hydrogen-bond donors (Lipinski definition) is 0. The standard InChI is InChI=1S/5C12H27OSi.C11H24OSi.2C3H9P.CH3.2W/c5*1-10(2,3)14(13,11(4,5)6)12(7,8)9;1-9(2)13(12,10(3,4)5)11(6,7)8;2*1-4(2)3;;;/h5*1-9H3;1-8H3;2*1-3H3;1H3;;/q5*-1;-2;;;-1;;/p+2. The van der Waals surface area contributed by atoms with E-state index in [1.54, 1.807) is 0 Å². The average molecular weight is 1810 g/mol. The fourth-order valence-corrected chi connectivity index (χ4v) is 58.5. The molecule has 0 atom stereocenters. The van der Waals surface area contributed by atoms with E-state index in [9.17, 15) is 28.8 Å². The van der Waals surface area contributed by atoms with Crippen molar-refractivity contribution in [3.8, 4) is 0 Å². The molecule has 0 saturated carbocycles. The Balaban J connectivity index is -0.0000000947. The van der Waals surface area contributed by atoms with E-state index in [0.717, 1.165) is 5.54 Å². The predicted molar refractivity (Wildman–Crippen MR) is 443 cm³/mol. The van der Waals surface area contributed by atoms with Gasteiger partial charge < -0.3 is 41.7 Å². The van der Waals surface area contributed by atoms with E-state index in [1.807, 2.05) is 13.8 Å². The van der Waals surface area contributed by atoms with Gasteiger partial charge in [0.05, 0.1) is 0 Å². The van der Waals surface area contributed by atoms with Crippen LogP contribution >= 0.6 is 15.8 Å². The van der Waals surface area contributed by atoms with Crippen LogP contribution in [0.1, 0.15) is 367 Å². The van der Waals surface area contributed by atoms with Gasteiger partial charge in [-0.25, -0.2) is 0 Å². The summed E-state index contributed by atoms with van der Waals surface area (Å²) in [6, 6.07) is 0. The van der Waals surface area contributed by atoms with Gasteiger partial charge in [0.15, 0.2) is 0 Å². The Morgan fingerprint density at radius 2 is 0.234 bits per heavy atom. The van der Waals surface area contributed by atoms with Crippen molar-refractivity contribution in [1.29, 1.82) is 0 Å². The van der Waals surface area contributed by atoms with Gasteiger partial charge in [0, 0.05) is 82.1 Å². The normalized spacial score (nSPS) is 14.7. The van der Waals surface area contributed by atoms with Gasteiger partial charge in [-0.15, -0.1) is 0 Å². The first-order valence-corrected chi connectivity index (χ1v) is 52.7. The maximum atomic E-state index is 13.3. The van der Waals surface area contributed by atoms with Gasteiger partial charge in [0.2, 0.25) is 0 Å². The van der Waals surface area contributed by atoms with Crippen LogP contribution in [-0.2, 0) is 42.1 Å². The molecule has 0 amide bonds. The van der Waals surface area contributed by atoms with Gasteiger partial charge in [0.25, 0.3) is 0 Å². The third-order valence-corrected chi connectivity index (χ3v) is 56.0. The molecule has 0 fully saturated rings. The van der Waals surface area contributed by atoms with E-state index in [0.29, 0.717) is 0 Å². The summed E-state index contributed by atoms with van der Waals surface area (Å²) in [6.07, 6.45) is 0. The van der Waals surface area contributed by atoms with Gasteiger partial charge >= 0.3 is 0 Å². The molecule has 0 aromatic carbocycles. The average Bonchev–Trinajstić information content (AvgIpc) is 3.15. The third kappa shape index (κ3) is 32.2. The second-order valence-corrected chi connectivity index (χ2v) is 87.0. The number of hydrogen-bond acceptors (Lipinski definition) is 6. The van der Waals surface area contributed by atoms with Crippen LogP contribution in [0.2, 0.25) is 85.7 Å². The van der Waals surface area contributed by atoms with Gasteiger partial charge in [-0.1, -0.05) is 439 Å². The van der Waals surface area contributed by atoms with Crippen LogP contribution in [0, 0.1) is 13.0 Å². The Bertz CT molecular complexity index is 1540. The topological polar surface area (TPSA) is 138 Å². The van der Waals surface area contributed by atoms with Crippen molar-refractivity contribution in [3.63, 3.8) is 0 Å². The van der Waals surface area contributed by atoms with Gasteiger partial charge in [-0.3, -0.25) is 0 Å². The summed E-state index contributed by atoms with van der Waals surface area (Å²) in [5.74, 6) is 0. The second-order valence-electron chi connectivity index (χ2n) is 46.3. The van der Waals surface area contributed by atoms with Crippen LogP contribution in [0.3, 0.4) is 0 Å². The molecule has 0 bridgehead atoms. The maximum absolute atomic E-state index is 13.3. The minimum atomic E-state index is -2.60. The maximum Gasteiger partial charge on any atom is 0.0461 e. The van der Waals surface area contributed by atoms with Crippen LogP contribution in [0.25, 0.3) is 0 Å². The van der Waals surface area contributed by atoms with E-state index < -0.39 is 49.9 Å². The Morgan fingerprint density at radius 3 is 0.234 bits per heavy atom. The first-order chi connectivity index (χ1) is 37.7. The van der Waals surface area contributed by atoms with E-state index in [-0.39, 0.29) is 151 Å². The molecular formula is C78H182O6P2Si6W2-6. The van der Waals surface area contributed by atoms with Crippen molar-refractivity contribution >= 4 is 65.7 Å². The first-order valence-electron chi connectivity index (χ1n) is 35.2. The summed E-state index contributed by atoms with van der Waals surface area (Å²) in [5.41, 5.74) is 1.12. The second kappa shape index (κ2) is 38.7. The zero-order valence-electron chi connectivity index (χ0n) is 76.3. The molecule has 0 aliphatic carbocycles. The zero-order chi connectivity index (χ0) is 78.2. The summed E-state index contributed by atoms with van der Waals surface area (Å²) < 4.78 is 0. The molecule has 0 aliphatic rings. The molecule has 0 rings (SSSR count). The number of rotatable bonds is 1. The van der Waals surface area contributed by atoms with Crippen molar-refractivity contribution < 1.29 is 70.9 Å². The van der Waals surface area contributed by atoms with E-state index in [4.69, 9.17) is 0 Å². The van der Waals surface area contributed by atoms with Crippen molar-refractivity contribution in [1.82, 2.24) is 0 Å². The van der Waals surface area contributed by atoms with Crippen molar-refractivity contribution in [3.05, 3.63) is 13.0 Å². The quantitative estimate of drug-likeness (QED) is 0.146. The fourth-order valence-electron chi connectivity index (χ4n) is 19.5. The van der Waals surface area contributed by atoms with Gasteiger partial charge in [-0.05, 0) is 57.4 Å². The molecule has 0 aromatic rings. The molecule has 582 valence electrons. The third-order valence-electron chi connectivity index (χ3n) is 18.7. The first kappa shape index (κ1) is 121. The van der Waals surface area contributed by atoms with Crippen molar-refractivity contribution in [2.75, 3.05) is 40.0 Å². The Hall–Kier alpha value is 3.30. The molecular weight excluding hydrogens is 1630 g/mol. The summed E-state index contributed by atoms with van der Waals surface area (Å²) in [4.78, 5) is 79.5. The van der Waals surface area contributed by atoms with Crippen LogP contribution in [0.5, 0.6) is 0 Å². The molecule has 94 heavy (non-hydrogen) atoms. The van der Waals surface area contributed by atoms with E-state index in [2.05, 4.69) is 393 Å². The molecule has 0 radical (unpaired) electrons. The summed E-state index contributed by atoms with van der Waals surface area (Å²) in [5, 5.41) is -1.59. The van der Waals surface area contributed by atoms with Gasteiger partial charge in [0.1, 0.15) is 0 Å². The van der Waals surface area contributed by atoms with Gasteiger partial charge in [-0.2, -0.15) is 22.2 Å². The molecule has 0 saturated heterocycles. The van der Waals surface area contributed by atoms with Crippen molar-refractivity contribution in [2.45, 2.75) is 453 Å². The Morgan fingerprint density at radius 1 is 0.181 bits per heavy atom. The van der Waals surface area contributed by atoms with Crippen LogP contribution < -0.4 is 28.8 Å². The molecule has 0 N–H and O–H groups in total. The molecule has 16 heteroatoms. The minimum absolute atomic E-state index is 0. The van der Waals surface area contributed by atoms with Crippen LogP contribution in [-0.4, -0.2) is 89.9 Å². The van der Waals surface area contributed by atoms with Crippen molar-refractivity contribution in [2.24, 2.45) is 0 Å². The minimum Gasteiger partial charge on any atom is -0.876 e. The molecule has 0 aliphatic heterocycles. The van der Waals surface area contributed by atoms with Crippen LogP contribution in [0.4, 0.5) is 0 Å². The molecule has 0 aromatic heterocycles. The predicted octanol–water partition coefficient (Wildman–Crippen LogP) is 24.1. The summed E-state index contributed by atoms with van der Waals surface area (Å²) in [6.45, 7) is 125. The molecule has 0 unspecified atom stereocenters. The van der Waals surface area contributed by atoms with E-state index in [1.165, 1.54) is 0 Å². The zero-order valence-corrected chi connectivity index (χ0v) is 90.1. The monoisotopic (exact) mass is 1810 g/mol. The van der Waals surface area contributed by atoms with E-state index >= 15 is 0 Å². The smallest absolute Gasteiger partial charge is 0.0461 e. The Kier molecular flexibility index (Phi) is 49.9. The van der Waals surface area contributed by atoms with Crippen LogP contribution in [0.15, 0.2) is 0 Å². The molecule has 6 nitrogen and oxygen atoms in total. The Labute approximate surface area is 636 Å². The largest absolute Gasteiger partial charge is 0.876 e. The summed E-state index contributed by atoms with van der Waals surface area (Å²) >= 11 is 0. The summed E-state index contributed by atoms with van der Waals surface area (Å²) in [7, 11) is -15.3. The SMILES string of the molecule is CC(C)(C)[Si]([O-])(C(C)(C)C)C(C)(C)C.CC(C)(C)[Si]([O-])(C(C)(C)C)C(C)(C)C.CC(C)(C)[Si]([O-])(C(C)(C)C)C(C)(C)C.CC(C)(C)[Si]([O-])(C(C)(C)C)C(C)(C)C.CC(C)(C)[Si]([O-])(C(C)(C)C)C(C)(C)C.C[C-](C)[Si]([O-])(C(C)(C)C)C(C)(C)C.C[PH+](C)C.C[PH+](C)C.[CH3-].[W].[W]. The molecule has 0 heterocycles.